The van der Waals surface area contributed by atoms with E-state index in [9.17, 15) is 0 Å². The molecule has 0 bridgehead atoms. The molecule has 0 spiro atoms. The van der Waals surface area contributed by atoms with Gasteiger partial charge in [0.1, 0.15) is 5.75 Å². The molecule has 0 saturated carbocycles. The van der Waals surface area contributed by atoms with Gasteiger partial charge in [0.15, 0.2) is 0 Å². The van der Waals surface area contributed by atoms with E-state index in [4.69, 9.17) is 15.2 Å². The fourth-order valence-corrected chi connectivity index (χ4v) is 1.49. The van der Waals surface area contributed by atoms with Crippen LogP contribution in [0.5, 0.6) is 5.75 Å². The van der Waals surface area contributed by atoms with Gasteiger partial charge in [0.25, 0.3) is 0 Å². The molecule has 0 saturated heterocycles. The number of methoxy groups -OCH3 is 1. The largest absolute Gasteiger partial charge is 0.496 e. The Morgan fingerprint density at radius 1 is 1.29 bits per heavy atom. The van der Waals surface area contributed by atoms with Gasteiger partial charge in [0.05, 0.1) is 19.3 Å². The van der Waals surface area contributed by atoms with Crippen LogP contribution in [-0.4, -0.2) is 12.7 Å². The number of hydrogen-bond donors (Lipinski definition) is 1. The average Bonchev–Trinajstić information content (AvgIpc) is 2.24. The monoisotopic (exact) mass is 237 g/mol. The number of hydrogen-bond acceptors (Lipinski definition) is 3. The van der Waals surface area contributed by atoms with Gasteiger partial charge in [0, 0.05) is 11.6 Å². The van der Waals surface area contributed by atoms with E-state index in [-0.39, 0.29) is 11.6 Å². The molecule has 0 aromatic heterocycles. The maximum Gasteiger partial charge on any atom is 0.124 e. The van der Waals surface area contributed by atoms with Crippen molar-refractivity contribution in [3.8, 4) is 5.75 Å². The summed E-state index contributed by atoms with van der Waals surface area (Å²) >= 11 is 0. The minimum absolute atomic E-state index is 0.0225. The molecule has 0 aliphatic carbocycles. The molecule has 0 aliphatic rings. The number of benzene rings is 1. The zero-order valence-electron chi connectivity index (χ0n) is 11.4. The first-order valence-electron chi connectivity index (χ1n) is 5.90. The highest BCUT2D eigenvalue weighted by Gasteiger charge is 2.13. The summed E-state index contributed by atoms with van der Waals surface area (Å²) in [7, 11) is 1.67. The lowest BCUT2D eigenvalue weighted by Gasteiger charge is -2.21. The molecule has 1 rings (SSSR count). The van der Waals surface area contributed by atoms with Crippen molar-refractivity contribution >= 4 is 0 Å². The van der Waals surface area contributed by atoms with Crippen LogP contribution in [0.4, 0.5) is 0 Å². The number of ether oxygens (including phenoxy) is 2. The van der Waals surface area contributed by atoms with Crippen molar-refractivity contribution in [2.45, 2.75) is 45.9 Å². The van der Waals surface area contributed by atoms with Crippen molar-refractivity contribution in [1.82, 2.24) is 0 Å². The second-order valence-corrected chi connectivity index (χ2v) is 5.26. The summed E-state index contributed by atoms with van der Waals surface area (Å²) in [6.45, 7) is 8.61. The van der Waals surface area contributed by atoms with Crippen molar-refractivity contribution in [3.63, 3.8) is 0 Å². The second kappa shape index (κ2) is 5.52. The quantitative estimate of drug-likeness (QED) is 0.875. The van der Waals surface area contributed by atoms with Gasteiger partial charge in [-0.25, -0.2) is 0 Å². The lowest BCUT2D eigenvalue weighted by Crippen LogP contribution is -2.19. The van der Waals surface area contributed by atoms with Crippen molar-refractivity contribution in [1.29, 1.82) is 0 Å². The second-order valence-electron chi connectivity index (χ2n) is 5.26. The highest BCUT2D eigenvalue weighted by atomic mass is 16.5. The summed E-state index contributed by atoms with van der Waals surface area (Å²) in [5.41, 5.74) is 7.85. The van der Waals surface area contributed by atoms with E-state index in [1.165, 1.54) is 0 Å². The molecule has 3 nitrogen and oxygen atoms in total. The van der Waals surface area contributed by atoms with Crippen LogP contribution in [0.1, 0.15) is 44.9 Å². The minimum atomic E-state index is -0.157. The molecule has 96 valence electrons. The van der Waals surface area contributed by atoms with E-state index in [1.807, 2.05) is 39.8 Å². The summed E-state index contributed by atoms with van der Waals surface area (Å²) < 4.78 is 11.1. The van der Waals surface area contributed by atoms with Crippen LogP contribution in [-0.2, 0) is 11.3 Å². The Balaban J connectivity index is 2.90. The van der Waals surface area contributed by atoms with Crippen LogP contribution in [0.3, 0.4) is 0 Å². The molecule has 0 aliphatic heterocycles. The highest BCUT2D eigenvalue weighted by Crippen LogP contribution is 2.24. The van der Waals surface area contributed by atoms with Crippen LogP contribution in [0.25, 0.3) is 0 Å². The van der Waals surface area contributed by atoms with Gasteiger partial charge in [-0.05, 0) is 45.4 Å². The third-order valence-electron chi connectivity index (χ3n) is 2.49. The molecule has 17 heavy (non-hydrogen) atoms. The standard InChI is InChI=1S/C14H23NO2/c1-10(15)11-6-7-13(16-5)12(8-11)9-17-14(2,3)4/h6-8,10H,9,15H2,1-5H3. The van der Waals surface area contributed by atoms with Crippen LogP contribution >= 0.6 is 0 Å². The lowest BCUT2D eigenvalue weighted by atomic mass is 10.0. The molecule has 0 fully saturated rings. The van der Waals surface area contributed by atoms with E-state index in [0.29, 0.717) is 6.61 Å². The number of rotatable bonds is 4. The maximum atomic E-state index is 5.87. The Kier molecular flexibility index (Phi) is 4.54. The zero-order chi connectivity index (χ0) is 13.1. The third kappa shape index (κ3) is 4.36. The zero-order valence-corrected chi connectivity index (χ0v) is 11.4. The van der Waals surface area contributed by atoms with Gasteiger partial charge in [-0.2, -0.15) is 0 Å². The summed E-state index contributed by atoms with van der Waals surface area (Å²) in [5.74, 6) is 0.846. The van der Waals surface area contributed by atoms with Crippen LogP contribution in [0, 0.1) is 0 Å². The molecule has 1 atom stereocenters. The molecule has 2 N–H and O–H groups in total. The normalized spacial score (nSPS) is 13.5. The van der Waals surface area contributed by atoms with Gasteiger partial charge in [-0.1, -0.05) is 6.07 Å². The summed E-state index contributed by atoms with van der Waals surface area (Å²) in [6.07, 6.45) is 0. The van der Waals surface area contributed by atoms with Crippen molar-refractivity contribution in [2.75, 3.05) is 7.11 Å². The average molecular weight is 237 g/mol. The van der Waals surface area contributed by atoms with Gasteiger partial charge in [-0.15, -0.1) is 0 Å². The van der Waals surface area contributed by atoms with Gasteiger partial charge in [-0.3, -0.25) is 0 Å². The first-order chi connectivity index (χ1) is 7.83. The molecule has 1 aromatic carbocycles. The first kappa shape index (κ1) is 14.0. The first-order valence-corrected chi connectivity index (χ1v) is 5.90. The van der Waals surface area contributed by atoms with E-state index in [2.05, 4.69) is 6.07 Å². The van der Waals surface area contributed by atoms with E-state index in [1.54, 1.807) is 7.11 Å². The highest BCUT2D eigenvalue weighted by molar-refractivity contribution is 5.37. The maximum absolute atomic E-state index is 5.87. The molecule has 0 amide bonds. The Morgan fingerprint density at radius 3 is 2.41 bits per heavy atom. The molecule has 0 radical (unpaired) electrons. The van der Waals surface area contributed by atoms with E-state index < -0.39 is 0 Å². The van der Waals surface area contributed by atoms with E-state index >= 15 is 0 Å². The molecular formula is C14H23NO2. The van der Waals surface area contributed by atoms with Crippen molar-refractivity contribution < 1.29 is 9.47 Å². The third-order valence-corrected chi connectivity index (χ3v) is 2.49. The summed E-state index contributed by atoms with van der Waals surface area (Å²) in [6, 6.07) is 6.01. The predicted octanol–water partition coefficient (Wildman–Crippen LogP) is 3.03. The summed E-state index contributed by atoms with van der Waals surface area (Å²) in [4.78, 5) is 0. The van der Waals surface area contributed by atoms with Gasteiger partial charge >= 0.3 is 0 Å². The predicted molar refractivity (Wildman–Crippen MR) is 70.1 cm³/mol. The Hall–Kier alpha value is -1.06. The van der Waals surface area contributed by atoms with Crippen molar-refractivity contribution in [2.24, 2.45) is 5.73 Å². The minimum Gasteiger partial charge on any atom is -0.496 e. The van der Waals surface area contributed by atoms with Crippen LogP contribution < -0.4 is 10.5 Å². The van der Waals surface area contributed by atoms with Crippen LogP contribution in [0.2, 0.25) is 0 Å². The lowest BCUT2D eigenvalue weighted by molar-refractivity contribution is -0.0156. The molecule has 0 heterocycles. The fraction of sp³-hybridized carbons (Fsp3) is 0.571. The smallest absolute Gasteiger partial charge is 0.124 e. The Bertz CT molecular complexity index is 367. The Labute approximate surface area is 104 Å². The van der Waals surface area contributed by atoms with Gasteiger partial charge < -0.3 is 15.2 Å². The Morgan fingerprint density at radius 2 is 1.94 bits per heavy atom. The molecule has 3 heteroatoms. The molecule has 1 aromatic rings. The van der Waals surface area contributed by atoms with Gasteiger partial charge in [0.2, 0.25) is 0 Å². The molecular weight excluding hydrogens is 214 g/mol. The number of nitrogens with two attached hydrogens (primary N) is 1. The fourth-order valence-electron chi connectivity index (χ4n) is 1.49. The van der Waals surface area contributed by atoms with Crippen LogP contribution in [0.15, 0.2) is 18.2 Å². The topological polar surface area (TPSA) is 44.5 Å². The summed E-state index contributed by atoms with van der Waals surface area (Å²) in [5, 5.41) is 0. The molecule has 1 unspecified atom stereocenters. The SMILES string of the molecule is COc1ccc(C(C)N)cc1COC(C)(C)C. The van der Waals surface area contributed by atoms with E-state index in [0.717, 1.165) is 16.9 Å². The van der Waals surface area contributed by atoms with Crippen molar-refractivity contribution in [3.05, 3.63) is 29.3 Å².